The van der Waals surface area contributed by atoms with E-state index in [1.807, 2.05) is 14.1 Å². The van der Waals surface area contributed by atoms with Gasteiger partial charge in [0.2, 0.25) is 5.43 Å². The molecule has 4 aromatic heterocycles. The number of nitrogens with one attached hydrogen (secondary N) is 2. The molecule has 1 aliphatic carbocycles. The number of aromatic nitrogens is 4. The van der Waals surface area contributed by atoms with Crippen LogP contribution in [0.3, 0.4) is 0 Å². The molecular formula is C31H31F2N7O3. The first kappa shape index (κ1) is 27.3. The van der Waals surface area contributed by atoms with Crippen molar-refractivity contribution in [2.75, 3.05) is 44.4 Å². The van der Waals surface area contributed by atoms with Gasteiger partial charge in [0.05, 0.1) is 33.1 Å². The highest BCUT2D eigenvalue weighted by molar-refractivity contribution is 6.18. The van der Waals surface area contributed by atoms with Crippen LogP contribution >= 0.6 is 0 Å². The average molecular weight is 588 g/mol. The van der Waals surface area contributed by atoms with Crippen molar-refractivity contribution in [3.05, 3.63) is 58.1 Å². The Morgan fingerprint density at radius 2 is 1.98 bits per heavy atom. The van der Waals surface area contributed by atoms with Crippen molar-refractivity contribution >= 4 is 50.3 Å². The van der Waals surface area contributed by atoms with Crippen LogP contribution in [0.15, 0.2) is 35.5 Å². The summed E-state index contributed by atoms with van der Waals surface area (Å²) in [5, 5.41) is 13.3. The molecule has 1 atom stereocenters. The van der Waals surface area contributed by atoms with E-state index in [0.29, 0.717) is 44.7 Å². The summed E-state index contributed by atoms with van der Waals surface area (Å²) in [6.45, 7) is 1.50. The topological polar surface area (TPSA) is 119 Å². The Labute approximate surface area is 244 Å². The van der Waals surface area contributed by atoms with E-state index < -0.39 is 23.0 Å². The number of aryl methyl sites for hydroxylation is 1. The van der Waals surface area contributed by atoms with Gasteiger partial charge in [-0.2, -0.15) is 0 Å². The number of rotatable bonds is 6. The van der Waals surface area contributed by atoms with Gasteiger partial charge in [0.25, 0.3) is 0 Å². The normalized spacial score (nSPS) is 17.7. The molecule has 12 heteroatoms. The van der Waals surface area contributed by atoms with Gasteiger partial charge in [-0.15, -0.1) is 0 Å². The minimum atomic E-state index is -1.33. The fraction of sp³-hybridized carbons (Fsp3) is 0.355. The molecule has 7 rings (SSSR count). The van der Waals surface area contributed by atoms with Gasteiger partial charge in [0.1, 0.15) is 16.9 Å². The monoisotopic (exact) mass is 587 g/mol. The summed E-state index contributed by atoms with van der Waals surface area (Å²) in [4.78, 5) is 41.9. The van der Waals surface area contributed by atoms with Crippen LogP contribution in [0.1, 0.15) is 29.6 Å². The smallest absolute Gasteiger partial charge is 0.341 e. The molecule has 0 radical (unpaired) electrons. The van der Waals surface area contributed by atoms with E-state index in [4.69, 9.17) is 0 Å². The third-order valence-corrected chi connectivity index (χ3v) is 9.02. The first-order valence-electron chi connectivity index (χ1n) is 14.2. The van der Waals surface area contributed by atoms with Crippen LogP contribution in [0.5, 0.6) is 0 Å². The second-order valence-corrected chi connectivity index (χ2v) is 12.2. The zero-order valence-corrected chi connectivity index (χ0v) is 24.3. The van der Waals surface area contributed by atoms with Crippen LogP contribution in [-0.2, 0) is 7.05 Å². The van der Waals surface area contributed by atoms with Crippen molar-refractivity contribution in [1.82, 2.24) is 24.4 Å². The molecule has 5 heterocycles. The molecule has 43 heavy (non-hydrogen) atoms. The maximum absolute atomic E-state index is 15.8. The van der Waals surface area contributed by atoms with Gasteiger partial charge in [-0.1, -0.05) is 0 Å². The molecule has 5 aromatic rings. The lowest BCUT2D eigenvalue weighted by Gasteiger charge is -2.31. The molecule has 2 aliphatic rings. The predicted octanol–water partition coefficient (Wildman–Crippen LogP) is 4.57. The number of hydrogen-bond donors (Lipinski definition) is 3. The van der Waals surface area contributed by atoms with Gasteiger partial charge >= 0.3 is 5.97 Å². The summed E-state index contributed by atoms with van der Waals surface area (Å²) in [5.74, 6) is -3.27. The Balaban J connectivity index is 1.57. The quantitative estimate of drug-likeness (QED) is 0.265. The first-order chi connectivity index (χ1) is 20.5. The average Bonchev–Trinajstić information content (AvgIpc) is 3.47. The summed E-state index contributed by atoms with van der Waals surface area (Å²) in [5.41, 5.74) is 2.51. The Kier molecular flexibility index (Phi) is 6.00. The van der Waals surface area contributed by atoms with E-state index in [0.717, 1.165) is 38.4 Å². The first-order valence-corrected chi connectivity index (χ1v) is 14.2. The fourth-order valence-corrected chi connectivity index (χ4v) is 6.86. The fourth-order valence-electron chi connectivity index (χ4n) is 6.86. The number of nitrogens with zero attached hydrogens (tertiary/aromatic N) is 5. The lowest BCUT2D eigenvalue weighted by atomic mass is 10.00. The number of likely N-dealkylation sites (N-methyl/N-ethyl adjacent to an activating group) is 1. The third-order valence-electron chi connectivity index (χ3n) is 9.02. The minimum Gasteiger partial charge on any atom is -0.477 e. The van der Waals surface area contributed by atoms with Gasteiger partial charge in [-0.25, -0.2) is 23.5 Å². The van der Waals surface area contributed by atoms with Gasteiger partial charge in [0.15, 0.2) is 11.6 Å². The highest BCUT2D eigenvalue weighted by atomic mass is 19.2. The van der Waals surface area contributed by atoms with Crippen LogP contribution in [-0.4, -0.2) is 75.8 Å². The van der Waals surface area contributed by atoms with Crippen molar-refractivity contribution in [2.45, 2.75) is 25.3 Å². The number of aromatic carboxylic acids is 1. The molecule has 222 valence electrons. The van der Waals surface area contributed by atoms with E-state index in [-0.39, 0.29) is 27.8 Å². The predicted molar refractivity (Wildman–Crippen MR) is 162 cm³/mol. The second kappa shape index (κ2) is 9.46. The van der Waals surface area contributed by atoms with Gasteiger partial charge in [0, 0.05) is 69.0 Å². The molecule has 1 aromatic carbocycles. The van der Waals surface area contributed by atoms with Crippen LogP contribution in [0.4, 0.5) is 20.2 Å². The van der Waals surface area contributed by atoms with Crippen LogP contribution in [0, 0.1) is 17.0 Å². The van der Waals surface area contributed by atoms with Crippen LogP contribution in [0.25, 0.3) is 44.1 Å². The maximum Gasteiger partial charge on any atom is 0.341 e. The molecule has 3 N–H and O–H groups in total. The lowest BCUT2D eigenvalue weighted by molar-refractivity contribution is 0.0695. The van der Waals surface area contributed by atoms with E-state index in [1.54, 1.807) is 32.6 Å². The van der Waals surface area contributed by atoms with E-state index in [9.17, 15) is 14.7 Å². The highest BCUT2D eigenvalue weighted by Gasteiger charge is 2.52. The van der Waals surface area contributed by atoms with Gasteiger partial charge < -0.3 is 29.8 Å². The highest BCUT2D eigenvalue weighted by Crippen LogP contribution is 2.57. The van der Waals surface area contributed by atoms with E-state index in [1.165, 1.54) is 10.8 Å². The van der Waals surface area contributed by atoms with Crippen molar-refractivity contribution in [1.29, 1.82) is 0 Å². The number of anilines is 2. The Morgan fingerprint density at radius 1 is 1.21 bits per heavy atom. The molecule has 1 aliphatic heterocycles. The van der Waals surface area contributed by atoms with Crippen molar-refractivity contribution in [3.63, 3.8) is 0 Å². The number of aromatic amines is 1. The van der Waals surface area contributed by atoms with Gasteiger partial charge in [-0.05, 0) is 44.8 Å². The number of carboxylic acid groups (broad SMARTS) is 1. The number of fused-ring (bicyclic) bond motifs is 4. The molecule has 1 saturated carbocycles. The number of pyridine rings is 3. The summed E-state index contributed by atoms with van der Waals surface area (Å²) in [6, 6.07) is 2.84. The van der Waals surface area contributed by atoms with E-state index >= 15 is 8.78 Å². The number of halogens is 2. The Bertz CT molecular complexity index is 2050. The van der Waals surface area contributed by atoms with Crippen molar-refractivity contribution < 1.29 is 18.7 Å². The van der Waals surface area contributed by atoms with Crippen molar-refractivity contribution in [3.8, 4) is 11.1 Å². The van der Waals surface area contributed by atoms with Crippen molar-refractivity contribution in [2.24, 2.45) is 12.5 Å². The lowest BCUT2D eigenvalue weighted by Crippen LogP contribution is -2.38. The number of benzene rings is 1. The third kappa shape index (κ3) is 4.15. The Hall–Kier alpha value is -4.58. The maximum atomic E-state index is 15.8. The summed E-state index contributed by atoms with van der Waals surface area (Å²) >= 11 is 0. The summed E-state index contributed by atoms with van der Waals surface area (Å²) in [7, 11) is 7.31. The van der Waals surface area contributed by atoms with Crippen LogP contribution < -0.4 is 15.6 Å². The Morgan fingerprint density at radius 3 is 2.65 bits per heavy atom. The molecule has 0 unspecified atom stereocenters. The molecule has 0 bridgehead atoms. The molecule has 1 spiro atoms. The standard InChI is InChI=1S/C31H31F2N7O3/c1-34-21-8-20(32)24(33)22-23-26(40-14-31(5-6-31)9-16(40)12-38(2)3)18(11-35-28(23)37-25(21)22)15-7-17-27(41)19(30(42)43)13-39(4)29(17)36-10-15/h7-8,10-11,13,16,34H,5-6,9,12,14H2,1-4H3,(H,35,37)(H,42,43)/t16-/m0/s1. The zero-order chi connectivity index (χ0) is 30.4. The number of H-pyrrole nitrogens is 1. The van der Waals surface area contributed by atoms with E-state index in [2.05, 4.69) is 30.1 Å². The number of carboxylic acids is 1. The summed E-state index contributed by atoms with van der Waals surface area (Å²) in [6.07, 6.45) is 7.70. The van der Waals surface area contributed by atoms with Crippen LogP contribution in [0.2, 0.25) is 0 Å². The molecular weight excluding hydrogens is 556 g/mol. The molecule has 1 saturated heterocycles. The summed E-state index contributed by atoms with van der Waals surface area (Å²) < 4.78 is 32.3. The molecule has 10 nitrogen and oxygen atoms in total. The number of hydrogen-bond acceptors (Lipinski definition) is 7. The second-order valence-electron chi connectivity index (χ2n) is 12.2. The zero-order valence-electron chi connectivity index (χ0n) is 24.3. The van der Waals surface area contributed by atoms with Gasteiger partial charge in [-0.3, -0.25) is 4.79 Å². The molecule has 2 fully saturated rings. The molecule has 0 amide bonds. The minimum absolute atomic E-state index is 0.0899. The number of carbonyl (C=O) groups is 1. The SMILES string of the molecule is CNc1cc(F)c(F)c2c1[nH]c1ncc(-c3cnc4c(c3)c(=O)c(C(=O)O)cn4C)c(N3CC4(CC4)C[C@H]3CN(C)C)c12. The largest absolute Gasteiger partial charge is 0.477 e.